The highest BCUT2D eigenvalue weighted by atomic mass is 32.1. The molecule has 1 saturated carbocycles. The lowest BCUT2D eigenvalue weighted by Gasteiger charge is -2.18. The molecule has 6 heteroatoms. The van der Waals surface area contributed by atoms with Gasteiger partial charge in [-0.1, -0.05) is 19.8 Å². The smallest absolute Gasteiger partial charge is 0.240 e. The van der Waals surface area contributed by atoms with E-state index in [1.54, 1.807) is 11.3 Å². The number of anilines is 2. The van der Waals surface area contributed by atoms with E-state index in [1.807, 2.05) is 0 Å². The highest BCUT2D eigenvalue weighted by molar-refractivity contribution is 7.18. The molecule has 0 radical (unpaired) electrons. The summed E-state index contributed by atoms with van der Waals surface area (Å²) in [6.45, 7) is 4.31. The van der Waals surface area contributed by atoms with Crippen LogP contribution in [-0.4, -0.2) is 16.0 Å². The van der Waals surface area contributed by atoms with E-state index in [0.29, 0.717) is 12.0 Å². The average Bonchev–Trinajstić information content (AvgIpc) is 3.17. The first-order chi connectivity index (χ1) is 9.69. The number of hydrogen-bond donors (Lipinski definition) is 3. The van der Waals surface area contributed by atoms with Crippen molar-refractivity contribution < 1.29 is 0 Å². The Morgan fingerprint density at radius 3 is 2.90 bits per heavy atom. The summed E-state index contributed by atoms with van der Waals surface area (Å²) in [5.41, 5.74) is 2.56. The largest absolute Gasteiger partial charge is 0.367 e. The average molecular weight is 291 g/mol. The molecule has 108 valence electrons. The van der Waals surface area contributed by atoms with Gasteiger partial charge in [0.2, 0.25) is 5.95 Å². The minimum absolute atomic E-state index is 0.475. The maximum atomic E-state index is 5.47. The number of nitrogens with two attached hydrogens (primary N) is 1. The van der Waals surface area contributed by atoms with Crippen molar-refractivity contribution in [3.8, 4) is 0 Å². The molecular weight excluding hydrogens is 270 g/mol. The molecule has 4 N–H and O–H groups in total. The maximum Gasteiger partial charge on any atom is 0.240 e. The maximum absolute atomic E-state index is 5.47. The van der Waals surface area contributed by atoms with Gasteiger partial charge in [-0.05, 0) is 31.7 Å². The van der Waals surface area contributed by atoms with Crippen LogP contribution in [0.5, 0.6) is 0 Å². The van der Waals surface area contributed by atoms with Gasteiger partial charge in [-0.2, -0.15) is 4.98 Å². The van der Waals surface area contributed by atoms with Gasteiger partial charge in [0.15, 0.2) is 0 Å². The van der Waals surface area contributed by atoms with Crippen molar-refractivity contribution in [2.75, 3.05) is 10.7 Å². The van der Waals surface area contributed by atoms with Gasteiger partial charge >= 0.3 is 0 Å². The number of hydrazine groups is 1. The van der Waals surface area contributed by atoms with Crippen LogP contribution >= 0.6 is 11.3 Å². The minimum Gasteiger partial charge on any atom is -0.367 e. The summed E-state index contributed by atoms with van der Waals surface area (Å²) in [6, 6.07) is 2.62. The van der Waals surface area contributed by atoms with Crippen LogP contribution in [0.4, 0.5) is 11.8 Å². The van der Waals surface area contributed by atoms with Gasteiger partial charge in [0.25, 0.3) is 0 Å². The summed E-state index contributed by atoms with van der Waals surface area (Å²) in [5.74, 6) is 7.75. The van der Waals surface area contributed by atoms with Gasteiger partial charge in [0, 0.05) is 10.9 Å². The van der Waals surface area contributed by atoms with Crippen LogP contribution in [0.3, 0.4) is 0 Å². The fraction of sp³-hybridized carbons (Fsp3) is 0.571. The molecule has 1 fully saturated rings. The Hall–Kier alpha value is -1.40. The second-order valence-electron chi connectivity index (χ2n) is 5.54. The molecule has 2 aromatic rings. The summed E-state index contributed by atoms with van der Waals surface area (Å²) in [5, 5.41) is 4.69. The first-order valence-corrected chi connectivity index (χ1v) is 8.02. The number of nitrogen functional groups attached to an aromatic ring is 1. The number of rotatable bonds is 6. The monoisotopic (exact) mass is 291 g/mol. The number of aryl methyl sites for hydroxylation is 1. The molecule has 0 amide bonds. The molecule has 3 rings (SSSR count). The molecule has 0 aliphatic heterocycles. The van der Waals surface area contributed by atoms with Crippen molar-refractivity contribution >= 4 is 33.3 Å². The number of fused-ring (bicyclic) bond motifs is 1. The highest BCUT2D eigenvalue weighted by Gasteiger charge is 2.25. The van der Waals surface area contributed by atoms with Crippen LogP contribution in [0.2, 0.25) is 0 Å². The SMILES string of the molecule is CCC(CC1CC1)Nc1nc(NN)nc2sc(C)cc12. The van der Waals surface area contributed by atoms with Crippen LogP contribution in [0.1, 0.15) is 37.5 Å². The van der Waals surface area contributed by atoms with Crippen molar-refractivity contribution in [2.24, 2.45) is 11.8 Å². The van der Waals surface area contributed by atoms with Gasteiger partial charge in [-0.25, -0.2) is 10.8 Å². The Balaban J connectivity index is 1.91. The fourth-order valence-corrected chi connectivity index (χ4v) is 3.37. The van der Waals surface area contributed by atoms with Crippen LogP contribution in [-0.2, 0) is 0 Å². The van der Waals surface area contributed by atoms with Crippen LogP contribution in [0, 0.1) is 12.8 Å². The summed E-state index contributed by atoms with van der Waals surface area (Å²) in [4.78, 5) is 11.1. The molecule has 1 atom stereocenters. The molecular formula is C14H21N5S. The standard InChI is InChI=1S/C14H21N5S/c1-3-10(7-9-4-5-9)16-12-11-6-8(2)20-13(11)18-14(17-12)19-15/h6,9-10H,3-5,7,15H2,1-2H3,(H2,16,17,18,19). The first-order valence-electron chi connectivity index (χ1n) is 7.21. The third kappa shape index (κ3) is 2.86. The lowest BCUT2D eigenvalue weighted by Crippen LogP contribution is -2.21. The zero-order valence-corrected chi connectivity index (χ0v) is 12.8. The van der Waals surface area contributed by atoms with Gasteiger partial charge in [0.1, 0.15) is 10.6 Å². The van der Waals surface area contributed by atoms with E-state index in [4.69, 9.17) is 5.84 Å². The molecule has 0 aromatic carbocycles. The zero-order valence-electron chi connectivity index (χ0n) is 11.9. The van der Waals surface area contributed by atoms with Crippen molar-refractivity contribution in [1.82, 2.24) is 9.97 Å². The molecule has 2 heterocycles. The van der Waals surface area contributed by atoms with Gasteiger partial charge in [0.05, 0.1) is 5.39 Å². The zero-order chi connectivity index (χ0) is 14.1. The summed E-state index contributed by atoms with van der Waals surface area (Å²) in [6.07, 6.45) is 5.10. The van der Waals surface area contributed by atoms with E-state index in [0.717, 1.165) is 28.4 Å². The third-order valence-corrected chi connectivity index (χ3v) is 4.74. The molecule has 1 unspecified atom stereocenters. The quantitative estimate of drug-likeness (QED) is 0.562. The van der Waals surface area contributed by atoms with E-state index in [2.05, 4.69) is 40.6 Å². The van der Waals surface area contributed by atoms with E-state index in [1.165, 1.54) is 24.1 Å². The second kappa shape index (κ2) is 5.54. The molecule has 0 bridgehead atoms. The molecule has 0 spiro atoms. The van der Waals surface area contributed by atoms with Gasteiger partial charge < -0.3 is 5.32 Å². The summed E-state index contributed by atoms with van der Waals surface area (Å²) in [7, 11) is 0. The van der Waals surface area contributed by atoms with E-state index in [-0.39, 0.29) is 0 Å². The molecule has 5 nitrogen and oxygen atoms in total. The van der Waals surface area contributed by atoms with E-state index >= 15 is 0 Å². The Kier molecular flexibility index (Phi) is 3.76. The van der Waals surface area contributed by atoms with Crippen molar-refractivity contribution in [1.29, 1.82) is 0 Å². The van der Waals surface area contributed by atoms with Crippen LogP contribution in [0.15, 0.2) is 6.07 Å². The normalized spacial score (nSPS) is 16.4. The van der Waals surface area contributed by atoms with Gasteiger partial charge in [-0.15, -0.1) is 11.3 Å². The number of thiophene rings is 1. The lowest BCUT2D eigenvalue weighted by molar-refractivity contribution is 0.586. The minimum atomic E-state index is 0.475. The Labute approximate surface area is 123 Å². The molecule has 0 saturated heterocycles. The van der Waals surface area contributed by atoms with E-state index in [9.17, 15) is 0 Å². The predicted molar refractivity (Wildman–Crippen MR) is 85.0 cm³/mol. The van der Waals surface area contributed by atoms with Crippen molar-refractivity contribution in [3.63, 3.8) is 0 Å². The topological polar surface area (TPSA) is 75.9 Å². The Bertz CT molecular complexity index is 605. The number of nitrogens with zero attached hydrogens (tertiary/aromatic N) is 2. The fourth-order valence-electron chi connectivity index (χ4n) is 2.49. The highest BCUT2D eigenvalue weighted by Crippen LogP contribution is 2.36. The van der Waals surface area contributed by atoms with Gasteiger partial charge in [-0.3, -0.25) is 5.43 Å². The predicted octanol–water partition coefficient (Wildman–Crippen LogP) is 3.28. The molecule has 2 aromatic heterocycles. The Morgan fingerprint density at radius 2 is 2.25 bits per heavy atom. The summed E-state index contributed by atoms with van der Waals surface area (Å²) >= 11 is 1.67. The molecule has 20 heavy (non-hydrogen) atoms. The third-order valence-electron chi connectivity index (χ3n) is 3.79. The Morgan fingerprint density at radius 1 is 1.45 bits per heavy atom. The van der Waals surface area contributed by atoms with Crippen LogP contribution < -0.4 is 16.6 Å². The first kappa shape index (κ1) is 13.6. The second-order valence-corrected chi connectivity index (χ2v) is 6.78. The van der Waals surface area contributed by atoms with E-state index < -0.39 is 0 Å². The summed E-state index contributed by atoms with van der Waals surface area (Å²) < 4.78 is 0. The van der Waals surface area contributed by atoms with Crippen molar-refractivity contribution in [3.05, 3.63) is 10.9 Å². The number of hydrogen-bond acceptors (Lipinski definition) is 6. The number of nitrogens with one attached hydrogen (secondary N) is 2. The van der Waals surface area contributed by atoms with Crippen LogP contribution in [0.25, 0.3) is 10.2 Å². The molecule has 1 aliphatic carbocycles. The lowest BCUT2D eigenvalue weighted by atomic mass is 10.1. The molecule has 1 aliphatic rings. The number of aromatic nitrogens is 2. The van der Waals surface area contributed by atoms with Crippen molar-refractivity contribution in [2.45, 2.75) is 45.6 Å².